The molecule has 18 heavy (non-hydrogen) atoms. The Bertz CT molecular complexity index is 439. The molecule has 0 heterocycles. The molecule has 0 aliphatic rings. The first-order chi connectivity index (χ1) is 8.36. The van der Waals surface area contributed by atoms with Gasteiger partial charge in [-0.2, -0.15) is 0 Å². The average Bonchev–Trinajstić information content (AvgIpc) is 2.32. The van der Waals surface area contributed by atoms with Crippen molar-refractivity contribution in [3.8, 4) is 0 Å². The molecule has 1 aromatic rings. The predicted molar refractivity (Wildman–Crippen MR) is 56.0 cm³/mol. The summed E-state index contributed by atoms with van der Waals surface area (Å²) in [5, 5.41) is 2.19. The molecule has 1 rings (SSSR count). The molecular weight excluding hydrogens is 254 g/mol. The number of carbonyl (C=O) groups excluding carboxylic acids is 1. The van der Waals surface area contributed by atoms with Crippen LogP contribution in [0.3, 0.4) is 0 Å². The second-order valence-corrected chi connectivity index (χ2v) is 3.67. The Balaban J connectivity index is 2.93. The highest BCUT2D eigenvalue weighted by atomic mass is 19.2. The second-order valence-electron chi connectivity index (χ2n) is 3.67. The molecule has 100 valence electrons. The highest BCUT2D eigenvalue weighted by Crippen LogP contribution is 2.25. The number of ether oxygens (including phenoxy) is 1. The maximum atomic E-state index is 13.3. The van der Waals surface area contributed by atoms with E-state index in [1.807, 2.05) is 0 Å². The van der Waals surface area contributed by atoms with Gasteiger partial charge >= 0.3 is 5.97 Å². The molecule has 0 aliphatic heterocycles. The molecular formula is C11H11F4NO2. The summed E-state index contributed by atoms with van der Waals surface area (Å²) in [7, 11) is 1.15. The molecule has 0 saturated carbocycles. The number of nitrogens with one attached hydrogen (secondary N) is 1. The van der Waals surface area contributed by atoms with Crippen LogP contribution in [0.25, 0.3) is 0 Å². The summed E-state index contributed by atoms with van der Waals surface area (Å²) in [4.78, 5) is 10.9. The van der Waals surface area contributed by atoms with Crippen molar-refractivity contribution in [2.24, 2.45) is 0 Å². The zero-order chi connectivity index (χ0) is 13.9. The summed E-state index contributed by atoms with van der Waals surface area (Å²) in [5.41, 5.74) is -0.941. The average molecular weight is 265 g/mol. The molecule has 0 saturated heterocycles. The summed E-state index contributed by atoms with van der Waals surface area (Å²) in [6.45, 7) is 1.42. The van der Waals surface area contributed by atoms with Gasteiger partial charge in [0, 0.05) is 12.1 Å². The third-order valence-corrected chi connectivity index (χ3v) is 2.20. The molecule has 7 heteroatoms. The fourth-order valence-corrected chi connectivity index (χ4v) is 1.33. The molecule has 0 radical (unpaired) electrons. The smallest absolute Gasteiger partial charge is 0.307 e. The Morgan fingerprint density at radius 3 is 2.22 bits per heavy atom. The van der Waals surface area contributed by atoms with Crippen molar-refractivity contribution in [2.75, 3.05) is 12.4 Å². The first-order valence-electron chi connectivity index (χ1n) is 5.03. The molecule has 1 atom stereocenters. The Kier molecular flexibility index (Phi) is 4.52. The normalized spacial score (nSPS) is 12.1. The van der Waals surface area contributed by atoms with Gasteiger partial charge in [-0.05, 0) is 6.92 Å². The summed E-state index contributed by atoms with van der Waals surface area (Å²) in [6.07, 6.45) is -0.201. The number of esters is 1. The number of hydrogen-bond acceptors (Lipinski definition) is 3. The predicted octanol–water partition coefficient (Wildman–Crippen LogP) is 2.61. The van der Waals surface area contributed by atoms with Gasteiger partial charge in [-0.15, -0.1) is 0 Å². The van der Waals surface area contributed by atoms with Gasteiger partial charge in [0.15, 0.2) is 23.3 Å². The summed E-state index contributed by atoms with van der Waals surface area (Å²) < 4.78 is 56.6. The van der Waals surface area contributed by atoms with Gasteiger partial charge < -0.3 is 10.1 Å². The highest BCUT2D eigenvalue weighted by molar-refractivity contribution is 5.70. The first kappa shape index (κ1) is 14.3. The van der Waals surface area contributed by atoms with Crippen LogP contribution in [-0.4, -0.2) is 19.1 Å². The number of carbonyl (C=O) groups is 1. The van der Waals surface area contributed by atoms with Crippen LogP contribution >= 0.6 is 0 Å². The maximum Gasteiger partial charge on any atom is 0.307 e. The number of anilines is 1. The van der Waals surface area contributed by atoms with Crippen LogP contribution in [0.5, 0.6) is 0 Å². The van der Waals surface area contributed by atoms with Gasteiger partial charge in [0.2, 0.25) is 0 Å². The number of halogens is 4. The van der Waals surface area contributed by atoms with Gasteiger partial charge in [0.05, 0.1) is 13.5 Å². The topological polar surface area (TPSA) is 38.3 Å². The Morgan fingerprint density at radius 2 is 1.78 bits per heavy atom. The molecule has 0 aromatic heterocycles. The number of hydrogen-bond donors (Lipinski definition) is 1. The monoisotopic (exact) mass is 265 g/mol. The van der Waals surface area contributed by atoms with E-state index in [4.69, 9.17) is 0 Å². The van der Waals surface area contributed by atoms with E-state index in [2.05, 4.69) is 10.1 Å². The molecule has 0 bridgehead atoms. The Hall–Kier alpha value is -1.79. The highest BCUT2D eigenvalue weighted by Gasteiger charge is 2.21. The van der Waals surface area contributed by atoms with E-state index < -0.39 is 41.0 Å². The molecule has 0 fully saturated rings. The van der Waals surface area contributed by atoms with Crippen molar-refractivity contribution in [3.63, 3.8) is 0 Å². The van der Waals surface area contributed by atoms with E-state index in [1.54, 1.807) is 0 Å². The fraction of sp³-hybridized carbons (Fsp3) is 0.364. The standard InChI is InChI=1S/C11H11F4NO2/c1-5(3-8(17)18-2)16-11-9(14)6(12)4-7(13)10(11)15/h4-5,16H,3H2,1-2H3. The molecule has 0 aliphatic carbocycles. The molecule has 1 N–H and O–H groups in total. The van der Waals surface area contributed by atoms with Gasteiger partial charge in [0.25, 0.3) is 0 Å². The Labute approximate surface area is 101 Å². The van der Waals surface area contributed by atoms with Crippen molar-refractivity contribution in [3.05, 3.63) is 29.3 Å². The van der Waals surface area contributed by atoms with E-state index in [0.29, 0.717) is 0 Å². The SMILES string of the molecule is COC(=O)CC(C)Nc1c(F)c(F)cc(F)c1F. The van der Waals surface area contributed by atoms with Crippen LogP contribution in [0.15, 0.2) is 6.07 Å². The van der Waals surface area contributed by atoms with Crippen molar-refractivity contribution >= 4 is 11.7 Å². The summed E-state index contributed by atoms with van der Waals surface area (Å²) >= 11 is 0. The van der Waals surface area contributed by atoms with Crippen LogP contribution < -0.4 is 5.32 Å². The van der Waals surface area contributed by atoms with Crippen LogP contribution in [0, 0.1) is 23.3 Å². The first-order valence-corrected chi connectivity index (χ1v) is 5.03. The summed E-state index contributed by atoms with van der Waals surface area (Å²) in [5.74, 6) is -6.72. The largest absolute Gasteiger partial charge is 0.469 e. The fourth-order valence-electron chi connectivity index (χ4n) is 1.33. The lowest BCUT2D eigenvalue weighted by Gasteiger charge is -2.15. The van der Waals surface area contributed by atoms with Gasteiger partial charge in [-0.25, -0.2) is 17.6 Å². The van der Waals surface area contributed by atoms with E-state index in [-0.39, 0.29) is 12.5 Å². The minimum Gasteiger partial charge on any atom is -0.469 e. The van der Waals surface area contributed by atoms with E-state index >= 15 is 0 Å². The zero-order valence-electron chi connectivity index (χ0n) is 9.69. The van der Waals surface area contributed by atoms with Crippen LogP contribution in [0.1, 0.15) is 13.3 Å². The van der Waals surface area contributed by atoms with Crippen molar-refractivity contribution in [2.45, 2.75) is 19.4 Å². The van der Waals surface area contributed by atoms with E-state index in [1.165, 1.54) is 6.92 Å². The maximum absolute atomic E-state index is 13.3. The second kappa shape index (κ2) is 5.70. The lowest BCUT2D eigenvalue weighted by Crippen LogP contribution is -2.22. The minimum atomic E-state index is -1.54. The molecule has 3 nitrogen and oxygen atoms in total. The molecule has 1 aromatic carbocycles. The lowest BCUT2D eigenvalue weighted by atomic mass is 10.2. The lowest BCUT2D eigenvalue weighted by molar-refractivity contribution is -0.140. The number of methoxy groups -OCH3 is 1. The molecule has 0 spiro atoms. The minimum absolute atomic E-state index is 0.112. The van der Waals surface area contributed by atoms with E-state index in [0.717, 1.165) is 7.11 Å². The summed E-state index contributed by atoms with van der Waals surface area (Å²) in [6, 6.07) is -0.636. The van der Waals surface area contributed by atoms with Gasteiger partial charge in [-0.1, -0.05) is 0 Å². The van der Waals surface area contributed by atoms with Crippen LogP contribution in [0.2, 0.25) is 0 Å². The number of rotatable bonds is 4. The zero-order valence-corrected chi connectivity index (χ0v) is 9.69. The van der Waals surface area contributed by atoms with Crippen LogP contribution in [0.4, 0.5) is 23.2 Å². The van der Waals surface area contributed by atoms with Crippen molar-refractivity contribution < 1.29 is 27.1 Å². The molecule has 1 unspecified atom stereocenters. The van der Waals surface area contributed by atoms with Gasteiger partial charge in [0.1, 0.15) is 5.69 Å². The number of benzene rings is 1. The molecule has 0 amide bonds. The quantitative estimate of drug-likeness (QED) is 0.516. The van der Waals surface area contributed by atoms with E-state index in [9.17, 15) is 22.4 Å². The van der Waals surface area contributed by atoms with Crippen molar-refractivity contribution in [1.82, 2.24) is 0 Å². The third-order valence-electron chi connectivity index (χ3n) is 2.20. The third kappa shape index (κ3) is 3.12. The van der Waals surface area contributed by atoms with Gasteiger partial charge in [-0.3, -0.25) is 4.79 Å². The van der Waals surface area contributed by atoms with Crippen LogP contribution in [-0.2, 0) is 9.53 Å². The Morgan fingerprint density at radius 1 is 1.28 bits per heavy atom. The van der Waals surface area contributed by atoms with Crippen molar-refractivity contribution in [1.29, 1.82) is 0 Å².